The normalized spacial score (nSPS) is 44.3. The summed E-state index contributed by atoms with van der Waals surface area (Å²) in [7, 11) is 0. The maximum atomic E-state index is 13.7. The van der Waals surface area contributed by atoms with Crippen LogP contribution in [0.4, 0.5) is 0 Å². The molecule has 2 heterocycles. The quantitative estimate of drug-likeness (QED) is 0.431. The third kappa shape index (κ3) is 3.28. The molecular weight excluding hydrogens is 398 g/mol. The van der Waals surface area contributed by atoms with E-state index in [1.807, 2.05) is 0 Å². The third-order valence-corrected chi connectivity index (χ3v) is 8.65. The molecule has 0 bridgehead atoms. The van der Waals surface area contributed by atoms with Crippen LogP contribution < -0.4 is 5.56 Å². The number of pyridine rings is 1. The highest BCUT2D eigenvalue weighted by atomic mass is 16.6. The van der Waals surface area contributed by atoms with Crippen LogP contribution in [0, 0.1) is 29.6 Å². The lowest BCUT2D eigenvalue weighted by Gasteiger charge is -2.45. The summed E-state index contributed by atoms with van der Waals surface area (Å²) in [6.45, 7) is 4.34. The molecular formula is C24H33NO6. The molecule has 4 N–H and O–H groups in total. The Morgan fingerprint density at radius 3 is 2.74 bits per heavy atom. The van der Waals surface area contributed by atoms with Crippen LogP contribution in [0.5, 0.6) is 5.75 Å². The summed E-state index contributed by atoms with van der Waals surface area (Å²) < 4.78 is 5.47. The number of fused-ring (bicyclic) bond motifs is 2. The Hall–Kier alpha value is -1.70. The predicted molar refractivity (Wildman–Crippen MR) is 113 cm³/mol. The summed E-state index contributed by atoms with van der Waals surface area (Å²) in [5, 5.41) is 32.4. The van der Waals surface area contributed by atoms with Crippen molar-refractivity contribution >= 4 is 5.78 Å². The van der Waals surface area contributed by atoms with Crippen LogP contribution in [0.3, 0.4) is 0 Å². The number of carbonyl (C=O) groups excluding carboxylic acids is 1. The number of H-pyrrole nitrogens is 1. The van der Waals surface area contributed by atoms with Crippen LogP contribution in [0.1, 0.15) is 74.7 Å². The number of rotatable bonds is 3. The Morgan fingerprint density at radius 1 is 1.19 bits per heavy atom. The summed E-state index contributed by atoms with van der Waals surface area (Å²) in [5.74, 6) is 0.509. The lowest BCUT2D eigenvalue weighted by molar-refractivity contribution is -0.0231. The van der Waals surface area contributed by atoms with Crippen LogP contribution in [0.25, 0.3) is 0 Å². The van der Waals surface area contributed by atoms with Gasteiger partial charge < -0.3 is 25.0 Å². The van der Waals surface area contributed by atoms with E-state index in [0.717, 1.165) is 32.1 Å². The molecule has 1 aromatic rings. The van der Waals surface area contributed by atoms with Gasteiger partial charge in [0.25, 0.3) is 5.56 Å². The van der Waals surface area contributed by atoms with Gasteiger partial charge in [0.05, 0.1) is 6.10 Å². The van der Waals surface area contributed by atoms with E-state index in [2.05, 4.69) is 18.8 Å². The van der Waals surface area contributed by atoms with E-state index in [4.69, 9.17) is 4.74 Å². The minimum absolute atomic E-state index is 0.118. The Kier molecular flexibility index (Phi) is 5.07. The first-order valence-corrected chi connectivity index (χ1v) is 11.8. The van der Waals surface area contributed by atoms with Crippen molar-refractivity contribution in [3.05, 3.63) is 27.7 Å². The fourth-order valence-electron chi connectivity index (χ4n) is 6.87. The van der Waals surface area contributed by atoms with E-state index in [0.29, 0.717) is 18.3 Å². The summed E-state index contributed by atoms with van der Waals surface area (Å²) in [6.07, 6.45) is 5.27. The maximum absolute atomic E-state index is 13.7. The van der Waals surface area contributed by atoms with Crippen molar-refractivity contribution in [2.75, 3.05) is 0 Å². The second-order valence-corrected chi connectivity index (χ2v) is 10.6. The van der Waals surface area contributed by atoms with Gasteiger partial charge in [-0.1, -0.05) is 20.3 Å². The number of hydrogen-bond donors (Lipinski definition) is 4. The molecule has 0 radical (unpaired) electrons. The van der Waals surface area contributed by atoms with Gasteiger partial charge in [0.15, 0.2) is 5.78 Å². The SMILES string of the molecule is C[C@H]1CC[C@H]2[C@@H](CC[C@H](C)[C@@H]2C(=O)c2c(O)c([C@]3(O)CC[C@H](O)[C@@H]4O[C@@H]43)c[nH]c2=O)C1. The minimum Gasteiger partial charge on any atom is -0.507 e. The Bertz CT molecular complexity index is 942. The molecule has 0 amide bonds. The standard InChI is InChI=1S/C24H33NO6/c1-11-3-6-14-13(9-11)5-4-12(2)17(14)20(28)18-19(27)15(10-25-23(18)29)24(30)8-7-16(26)21-22(24)31-21/h10-14,16-17,21-22,26,30H,3-9H2,1-2H3,(H2,25,27,29)/t11-,12-,13-,14-,16-,17-,21-,22-,24+/m0/s1. The first kappa shape index (κ1) is 21.2. The average molecular weight is 432 g/mol. The molecule has 3 saturated carbocycles. The Morgan fingerprint density at radius 2 is 1.97 bits per heavy atom. The first-order valence-electron chi connectivity index (χ1n) is 11.8. The van der Waals surface area contributed by atoms with Crippen molar-refractivity contribution in [3.8, 4) is 5.75 Å². The summed E-state index contributed by atoms with van der Waals surface area (Å²) in [5.41, 5.74) is -2.26. The molecule has 4 aliphatic rings. The second-order valence-electron chi connectivity index (χ2n) is 10.6. The highest BCUT2D eigenvalue weighted by Gasteiger charge is 2.62. The van der Waals surface area contributed by atoms with Crippen LogP contribution in [-0.4, -0.2) is 44.4 Å². The topological polar surface area (TPSA) is 123 Å². The van der Waals surface area contributed by atoms with E-state index in [-0.39, 0.29) is 41.1 Å². The number of epoxide rings is 1. The minimum atomic E-state index is -1.53. The summed E-state index contributed by atoms with van der Waals surface area (Å²) in [4.78, 5) is 29.1. The third-order valence-electron chi connectivity index (χ3n) is 8.65. The molecule has 31 heavy (non-hydrogen) atoms. The van der Waals surface area contributed by atoms with Gasteiger partial charge in [0.1, 0.15) is 29.1 Å². The number of nitrogens with one attached hydrogen (secondary N) is 1. The van der Waals surface area contributed by atoms with Gasteiger partial charge in [-0.15, -0.1) is 0 Å². The van der Waals surface area contributed by atoms with Crippen LogP contribution >= 0.6 is 0 Å². The van der Waals surface area contributed by atoms with Crippen molar-refractivity contribution in [2.24, 2.45) is 29.6 Å². The summed E-state index contributed by atoms with van der Waals surface area (Å²) in [6, 6.07) is 0. The fraction of sp³-hybridized carbons (Fsp3) is 0.750. The number of aliphatic hydroxyl groups is 2. The monoisotopic (exact) mass is 431 g/mol. The predicted octanol–water partition coefficient (Wildman–Crippen LogP) is 2.47. The fourth-order valence-corrected chi connectivity index (χ4v) is 6.87. The number of carbonyl (C=O) groups is 1. The molecule has 0 spiro atoms. The molecule has 0 unspecified atom stereocenters. The zero-order chi connectivity index (χ0) is 22.1. The molecule has 1 aromatic heterocycles. The molecule has 0 aromatic carbocycles. The number of ketones is 1. The average Bonchev–Trinajstić information content (AvgIpc) is 3.53. The number of aromatic amines is 1. The van der Waals surface area contributed by atoms with Gasteiger partial charge in [-0.2, -0.15) is 0 Å². The van der Waals surface area contributed by atoms with E-state index in [1.54, 1.807) is 0 Å². The van der Waals surface area contributed by atoms with Gasteiger partial charge in [-0.25, -0.2) is 0 Å². The van der Waals surface area contributed by atoms with E-state index < -0.39 is 35.2 Å². The Labute approximate surface area is 181 Å². The van der Waals surface area contributed by atoms with Crippen molar-refractivity contribution < 1.29 is 24.9 Å². The molecule has 5 rings (SSSR count). The Balaban J connectivity index is 1.51. The number of Topliss-reactive ketones (excluding diaryl/α,β-unsaturated/α-hetero) is 1. The zero-order valence-corrected chi connectivity index (χ0v) is 18.2. The number of aromatic nitrogens is 1. The van der Waals surface area contributed by atoms with Gasteiger partial charge in [0.2, 0.25) is 0 Å². The molecule has 1 aliphatic heterocycles. The molecule has 4 fully saturated rings. The van der Waals surface area contributed by atoms with E-state index in [1.165, 1.54) is 6.20 Å². The van der Waals surface area contributed by atoms with E-state index in [9.17, 15) is 24.9 Å². The highest BCUT2D eigenvalue weighted by Crippen LogP contribution is 2.52. The molecule has 1 saturated heterocycles. The van der Waals surface area contributed by atoms with Gasteiger partial charge in [-0.3, -0.25) is 9.59 Å². The lowest BCUT2D eigenvalue weighted by Crippen LogP contribution is -2.44. The van der Waals surface area contributed by atoms with Crippen LogP contribution in [-0.2, 0) is 10.3 Å². The van der Waals surface area contributed by atoms with Crippen LogP contribution in [0.15, 0.2) is 11.0 Å². The smallest absolute Gasteiger partial charge is 0.262 e. The van der Waals surface area contributed by atoms with Crippen LogP contribution in [0.2, 0.25) is 0 Å². The molecule has 170 valence electrons. The van der Waals surface area contributed by atoms with Gasteiger partial charge in [-0.05, 0) is 62.2 Å². The molecule has 7 nitrogen and oxygen atoms in total. The highest BCUT2D eigenvalue weighted by molar-refractivity contribution is 6.00. The number of ether oxygens (including phenoxy) is 1. The zero-order valence-electron chi connectivity index (χ0n) is 18.2. The van der Waals surface area contributed by atoms with Crippen molar-refractivity contribution in [1.29, 1.82) is 0 Å². The van der Waals surface area contributed by atoms with Gasteiger partial charge in [0, 0.05) is 17.7 Å². The molecule has 3 aliphatic carbocycles. The van der Waals surface area contributed by atoms with Crippen molar-refractivity contribution in [2.45, 2.75) is 82.7 Å². The number of hydrogen-bond acceptors (Lipinski definition) is 6. The maximum Gasteiger partial charge on any atom is 0.262 e. The lowest BCUT2D eigenvalue weighted by atomic mass is 9.58. The van der Waals surface area contributed by atoms with Gasteiger partial charge >= 0.3 is 0 Å². The first-order chi connectivity index (χ1) is 14.7. The number of aliphatic hydroxyl groups excluding tert-OH is 1. The largest absolute Gasteiger partial charge is 0.507 e. The molecule has 7 heteroatoms. The van der Waals surface area contributed by atoms with Crippen molar-refractivity contribution in [1.82, 2.24) is 4.98 Å². The second kappa shape index (κ2) is 7.42. The van der Waals surface area contributed by atoms with Crippen molar-refractivity contribution in [3.63, 3.8) is 0 Å². The number of aromatic hydroxyl groups is 1. The summed E-state index contributed by atoms with van der Waals surface area (Å²) >= 11 is 0. The van der Waals surface area contributed by atoms with E-state index >= 15 is 0 Å². The molecule has 9 atom stereocenters.